The van der Waals surface area contributed by atoms with Gasteiger partial charge in [0.25, 0.3) is 0 Å². The maximum atomic E-state index is 5.88. The van der Waals surface area contributed by atoms with Gasteiger partial charge in [0.15, 0.2) is 0 Å². The zero-order valence-corrected chi connectivity index (χ0v) is 19.2. The van der Waals surface area contributed by atoms with Crippen molar-refractivity contribution >= 4 is 0 Å². The Kier molecular flexibility index (Phi) is 8.80. The quantitative estimate of drug-likeness (QED) is 0.297. The summed E-state index contributed by atoms with van der Waals surface area (Å²) in [7, 11) is 0. The minimum absolute atomic E-state index is 0.819. The maximum absolute atomic E-state index is 5.88. The highest BCUT2D eigenvalue weighted by molar-refractivity contribution is 5.21. The van der Waals surface area contributed by atoms with E-state index in [0.29, 0.717) is 0 Å². The highest BCUT2D eigenvalue weighted by Crippen LogP contribution is 2.32. The molecule has 3 aromatic rings. The Hall–Kier alpha value is -2.58. The summed E-state index contributed by atoms with van der Waals surface area (Å²) >= 11 is 0. The van der Waals surface area contributed by atoms with E-state index in [1.54, 1.807) is 0 Å². The number of para-hydroxylation sites is 1. The normalized spacial score (nSPS) is 18.5. The Balaban J connectivity index is 1.22. The van der Waals surface area contributed by atoms with Gasteiger partial charge < -0.3 is 4.74 Å². The molecule has 0 bridgehead atoms. The SMILES string of the molecule is c1ccc(CN(Cc2ccccc2)C[C@H]2CC[C@@H](CCCOc3ccccc3)CC2)cc1. The van der Waals surface area contributed by atoms with Crippen LogP contribution in [-0.2, 0) is 13.1 Å². The number of hydrogen-bond acceptors (Lipinski definition) is 2. The molecule has 0 unspecified atom stereocenters. The Morgan fingerprint density at radius 3 is 1.69 bits per heavy atom. The van der Waals surface area contributed by atoms with Gasteiger partial charge in [-0.15, -0.1) is 0 Å². The van der Waals surface area contributed by atoms with Crippen LogP contribution in [0.5, 0.6) is 5.75 Å². The van der Waals surface area contributed by atoms with Crippen LogP contribution in [0.3, 0.4) is 0 Å². The van der Waals surface area contributed by atoms with Crippen molar-refractivity contribution in [2.75, 3.05) is 13.2 Å². The van der Waals surface area contributed by atoms with Gasteiger partial charge >= 0.3 is 0 Å². The molecule has 0 spiro atoms. The van der Waals surface area contributed by atoms with Crippen molar-refractivity contribution in [3.8, 4) is 5.75 Å². The first-order valence-electron chi connectivity index (χ1n) is 12.3. The van der Waals surface area contributed by atoms with Crippen molar-refractivity contribution in [3.05, 3.63) is 102 Å². The molecule has 32 heavy (non-hydrogen) atoms. The smallest absolute Gasteiger partial charge is 0.119 e. The lowest BCUT2D eigenvalue weighted by Crippen LogP contribution is -2.31. The van der Waals surface area contributed by atoms with E-state index in [-0.39, 0.29) is 0 Å². The minimum Gasteiger partial charge on any atom is -0.494 e. The molecule has 0 radical (unpaired) electrons. The van der Waals surface area contributed by atoms with E-state index in [4.69, 9.17) is 4.74 Å². The van der Waals surface area contributed by atoms with Crippen LogP contribution in [0.4, 0.5) is 0 Å². The van der Waals surface area contributed by atoms with Crippen molar-refractivity contribution < 1.29 is 4.74 Å². The van der Waals surface area contributed by atoms with E-state index in [2.05, 4.69) is 65.6 Å². The van der Waals surface area contributed by atoms with Gasteiger partial charge in [-0.25, -0.2) is 0 Å². The maximum Gasteiger partial charge on any atom is 0.119 e. The Bertz CT molecular complexity index is 831. The lowest BCUT2D eigenvalue weighted by atomic mass is 9.80. The summed E-state index contributed by atoms with van der Waals surface area (Å²) in [5.41, 5.74) is 2.83. The fourth-order valence-corrected chi connectivity index (χ4v) is 5.01. The zero-order valence-electron chi connectivity index (χ0n) is 19.2. The number of nitrogens with zero attached hydrogens (tertiary/aromatic N) is 1. The number of rotatable bonds is 11. The average Bonchev–Trinajstić information content (AvgIpc) is 2.85. The lowest BCUT2D eigenvalue weighted by Gasteiger charge is -2.33. The molecule has 0 aromatic heterocycles. The average molecular weight is 428 g/mol. The van der Waals surface area contributed by atoms with Gasteiger partial charge in [-0.2, -0.15) is 0 Å². The molecule has 1 aliphatic carbocycles. The van der Waals surface area contributed by atoms with Crippen LogP contribution in [-0.4, -0.2) is 18.1 Å². The second kappa shape index (κ2) is 12.5. The molecule has 168 valence electrons. The molecular weight excluding hydrogens is 390 g/mol. The highest BCUT2D eigenvalue weighted by atomic mass is 16.5. The summed E-state index contributed by atoms with van der Waals surface area (Å²) in [5.74, 6) is 2.69. The van der Waals surface area contributed by atoms with Crippen LogP contribution in [0.15, 0.2) is 91.0 Å². The van der Waals surface area contributed by atoms with Crippen LogP contribution >= 0.6 is 0 Å². The molecule has 3 aromatic carbocycles. The molecule has 4 rings (SSSR count). The first-order valence-corrected chi connectivity index (χ1v) is 12.3. The Morgan fingerprint density at radius 2 is 1.12 bits per heavy atom. The van der Waals surface area contributed by atoms with Gasteiger partial charge in [-0.3, -0.25) is 4.90 Å². The Morgan fingerprint density at radius 1 is 0.625 bits per heavy atom. The van der Waals surface area contributed by atoms with Gasteiger partial charge in [0.05, 0.1) is 6.61 Å². The minimum atomic E-state index is 0.819. The van der Waals surface area contributed by atoms with Crippen LogP contribution in [0.2, 0.25) is 0 Å². The first kappa shape index (κ1) is 22.6. The van der Waals surface area contributed by atoms with E-state index in [1.165, 1.54) is 56.2 Å². The van der Waals surface area contributed by atoms with Crippen molar-refractivity contribution in [1.82, 2.24) is 4.90 Å². The third kappa shape index (κ3) is 7.53. The van der Waals surface area contributed by atoms with Gasteiger partial charge in [-0.05, 0) is 60.8 Å². The number of benzene rings is 3. The summed E-state index contributed by atoms with van der Waals surface area (Å²) < 4.78 is 5.88. The monoisotopic (exact) mass is 427 g/mol. The number of ether oxygens (including phenoxy) is 1. The fraction of sp³-hybridized carbons (Fsp3) is 0.400. The predicted octanol–water partition coefficient (Wildman–Crippen LogP) is 7.35. The molecule has 0 amide bonds. The first-order chi connectivity index (χ1) is 15.8. The second-order valence-corrected chi connectivity index (χ2v) is 9.33. The van der Waals surface area contributed by atoms with E-state index in [9.17, 15) is 0 Å². The van der Waals surface area contributed by atoms with Crippen molar-refractivity contribution in [3.63, 3.8) is 0 Å². The molecule has 1 fully saturated rings. The summed E-state index contributed by atoms with van der Waals surface area (Å²) in [6, 6.07) is 32.1. The largest absolute Gasteiger partial charge is 0.494 e. The summed E-state index contributed by atoms with van der Waals surface area (Å²) in [6.45, 7) is 4.11. The molecule has 1 saturated carbocycles. The highest BCUT2D eigenvalue weighted by Gasteiger charge is 2.23. The predicted molar refractivity (Wildman–Crippen MR) is 134 cm³/mol. The van der Waals surface area contributed by atoms with Crippen LogP contribution in [0.25, 0.3) is 0 Å². The zero-order chi connectivity index (χ0) is 21.8. The van der Waals surface area contributed by atoms with Crippen molar-refractivity contribution in [1.29, 1.82) is 0 Å². The van der Waals surface area contributed by atoms with Gasteiger partial charge in [0, 0.05) is 19.6 Å². The third-order valence-electron chi connectivity index (χ3n) is 6.75. The van der Waals surface area contributed by atoms with Crippen LogP contribution in [0, 0.1) is 11.8 Å². The second-order valence-electron chi connectivity index (χ2n) is 9.33. The van der Waals surface area contributed by atoms with Crippen molar-refractivity contribution in [2.45, 2.75) is 51.6 Å². The van der Waals surface area contributed by atoms with Crippen LogP contribution in [0.1, 0.15) is 49.7 Å². The lowest BCUT2D eigenvalue weighted by molar-refractivity contribution is 0.162. The molecule has 0 saturated heterocycles. The molecule has 0 N–H and O–H groups in total. The molecular formula is C30H37NO. The topological polar surface area (TPSA) is 12.5 Å². The Labute approximate surface area is 194 Å². The fourth-order valence-electron chi connectivity index (χ4n) is 5.01. The third-order valence-corrected chi connectivity index (χ3v) is 6.75. The van der Waals surface area contributed by atoms with Gasteiger partial charge in [0.2, 0.25) is 0 Å². The molecule has 1 aliphatic rings. The van der Waals surface area contributed by atoms with Gasteiger partial charge in [0.1, 0.15) is 5.75 Å². The number of hydrogen-bond donors (Lipinski definition) is 0. The van der Waals surface area contributed by atoms with E-state index in [1.807, 2.05) is 30.3 Å². The molecule has 0 aliphatic heterocycles. The molecule has 0 heterocycles. The standard InChI is InChI=1S/C30H37NO/c1-4-11-27(12-5-1)23-31(24-28-13-6-2-7-14-28)25-29-20-18-26(19-21-29)15-10-22-32-30-16-8-3-9-17-30/h1-9,11-14,16-17,26,29H,10,15,18-25H2/t26-,29+. The van der Waals surface area contributed by atoms with E-state index in [0.717, 1.165) is 37.3 Å². The van der Waals surface area contributed by atoms with Crippen LogP contribution < -0.4 is 4.74 Å². The summed E-state index contributed by atoms with van der Waals surface area (Å²) in [6.07, 6.45) is 7.95. The van der Waals surface area contributed by atoms with E-state index < -0.39 is 0 Å². The molecule has 2 nitrogen and oxygen atoms in total. The summed E-state index contributed by atoms with van der Waals surface area (Å²) in [5, 5.41) is 0. The van der Waals surface area contributed by atoms with Crippen molar-refractivity contribution in [2.24, 2.45) is 11.8 Å². The van der Waals surface area contributed by atoms with Gasteiger partial charge in [-0.1, -0.05) is 91.7 Å². The summed E-state index contributed by atoms with van der Waals surface area (Å²) in [4.78, 5) is 2.66. The molecule has 0 atom stereocenters. The molecule has 2 heteroatoms. The van der Waals surface area contributed by atoms with E-state index >= 15 is 0 Å².